The molecule has 0 radical (unpaired) electrons. The monoisotopic (exact) mass is 467 g/mol. The minimum Gasteiger partial charge on any atom is -0.258 e. The number of nitro benzene ring substituents is 1. The summed E-state index contributed by atoms with van der Waals surface area (Å²) in [5.74, 6) is 0.326. The number of rotatable bonds is 7. The van der Waals surface area contributed by atoms with E-state index in [1.54, 1.807) is 24.3 Å². The molecule has 0 N–H and O–H groups in total. The second-order valence-electron chi connectivity index (χ2n) is 7.41. The van der Waals surface area contributed by atoms with E-state index in [0.29, 0.717) is 5.92 Å². The summed E-state index contributed by atoms with van der Waals surface area (Å²) in [5, 5.41) is 11.2. The minimum atomic E-state index is -4.12. The van der Waals surface area contributed by atoms with E-state index in [1.807, 2.05) is 0 Å². The van der Waals surface area contributed by atoms with E-state index in [9.17, 15) is 26.9 Å². The zero-order valence-corrected chi connectivity index (χ0v) is 19.0. The standard InChI is InChI=1S/C20H25N3O6S2/c1-3-16(2)17-8-10-18(11-9-17)30(26,27)21-12-14-22(15-13-21)31(28,29)20-7-5-4-6-19(20)23(24)25/h4-11,16H,3,12-15H2,1-2H3. The molecule has 1 aliphatic heterocycles. The lowest BCUT2D eigenvalue weighted by Gasteiger charge is -2.33. The Labute approximate surface area is 182 Å². The van der Waals surface area contributed by atoms with Crippen molar-refractivity contribution in [3.05, 3.63) is 64.2 Å². The molecule has 0 amide bonds. The number of nitro groups is 1. The van der Waals surface area contributed by atoms with Gasteiger partial charge in [0.05, 0.1) is 9.82 Å². The molecule has 168 valence electrons. The second kappa shape index (κ2) is 9.03. The summed E-state index contributed by atoms with van der Waals surface area (Å²) in [6, 6.07) is 11.9. The van der Waals surface area contributed by atoms with E-state index in [0.717, 1.165) is 22.4 Å². The molecule has 0 spiro atoms. The van der Waals surface area contributed by atoms with Crippen molar-refractivity contribution in [2.75, 3.05) is 26.2 Å². The van der Waals surface area contributed by atoms with Crippen LogP contribution in [-0.4, -0.2) is 56.5 Å². The molecule has 1 aliphatic rings. The molecule has 1 saturated heterocycles. The fourth-order valence-electron chi connectivity index (χ4n) is 3.47. The Balaban J connectivity index is 1.76. The Kier molecular flexibility index (Phi) is 6.79. The van der Waals surface area contributed by atoms with E-state index in [2.05, 4.69) is 13.8 Å². The van der Waals surface area contributed by atoms with Crippen LogP contribution in [-0.2, 0) is 20.0 Å². The number of hydrogen-bond acceptors (Lipinski definition) is 6. The van der Waals surface area contributed by atoms with Crippen LogP contribution >= 0.6 is 0 Å². The van der Waals surface area contributed by atoms with Gasteiger partial charge in [-0.2, -0.15) is 8.61 Å². The maximum Gasteiger partial charge on any atom is 0.289 e. The number of benzene rings is 2. The molecular formula is C20H25N3O6S2. The van der Waals surface area contributed by atoms with Gasteiger partial charge in [-0.1, -0.05) is 38.1 Å². The predicted octanol–water partition coefficient (Wildman–Crippen LogP) is 2.80. The molecule has 31 heavy (non-hydrogen) atoms. The summed E-state index contributed by atoms with van der Waals surface area (Å²) in [6.07, 6.45) is 0.947. The number of para-hydroxylation sites is 1. The van der Waals surface area contributed by atoms with Crippen LogP contribution in [0.1, 0.15) is 31.7 Å². The number of piperazine rings is 1. The minimum absolute atomic E-state index is 0.0324. The summed E-state index contributed by atoms with van der Waals surface area (Å²) >= 11 is 0. The highest BCUT2D eigenvalue weighted by Crippen LogP contribution is 2.28. The summed E-state index contributed by atoms with van der Waals surface area (Å²) in [5.41, 5.74) is 0.556. The van der Waals surface area contributed by atoms with Crippen LogP contribution in [0, 0.1) is 10.1 Å². The lowest BCUT2D eigenvalue weighted by molar-refractivity contribution is -0.387. The number of hydrogen-bond donors (Lipinski definition) is 0. The molecule has 1 atom stereocenters. The van der Waals surface area contributed by atoms with Crippen molar-refractivity contribution in [2.24, 2.45) is 0 Å². The van der Waals surface area contributed by atoms with Crippen molar-refractivity contribution < 1.29 is 21.8 Å². The zero-order valence-electron chi connectivity index (χ0n) is 17.3. The van der Waals surface area contributed by atoms with Crippen molar-refractivity contribution in [3.63, 3.8) is 0 Å². The SMILES string of the molecule is CCC(C)c1ccc(S(=O)(=O)N2CCN(S(=O)(=O)c3ccccc3[N+](=O)[O-])CC2)cc1. The van der Waals surface area contributed by atoms with Gasteiger partial charge in [0.15, 0.2) is 4.90 Å². The van der Waals surface area contributed by atoms with Gasteiger partial charge in [0.2, 0.25) is 20.0 Å². The van der Waals surface area contributed by atoms with Crippen LogP contribution in [0.5, 0.6) is 0 Å². The molecule has 0 aromatic heterocycles. The van der Waals surface area contributed by atoms with Crippen LogP contribution in [0.2, 0.25) is 0 Å². The molecule has 0 bridgehead atoms. The van der Waals surface area contributed by atoms with Crippen LogP contribution in [0.15, 0.2) is 58.3 Å². The van der Waals surface area contributed by atoms with Crippen LogP contribution in [0.3, 0.4) is 0 Å². The molecule has 0 saturated carbocycles. The first-order chi connectivity index (χ1) is 14.6. The highest BCUT2D eigenvalue weighted by atomic mass is 32.2. The first kappa shape index (κ1) is 23.3. The lowest BCUT2D eigenvalue weighted by atomic mass is 9.99. The van der Waals surface area contributed by atoms with Crippen molar-refractivity contribution in [3.8, 4) is 0 Å². The summed E-state index contributed by atoms with van der Waals surface area (Å²) in [6.45, 7) is 3.90. The van der Waals surface area contributed by atoms with Gasteiger partial charge in [-0.25, -0.2) is 16.8 Å². The molecule has 3 rings (SSSR count). The fraction of sp³-hybridized carbons (Fsp3) is 0.400. The van der Waals surface area contributed by atoms with E-state index >= 15 is 0 Å². The van der Waals surface area contributed by atoms with Gasteiger partial charge in [-0.05, 0) is 36.1 Å². The maximum atomic E-state index is 13.0. The van der Waals surface area contributed by atoms with Crippen LogP contribution in [0.4, 0.5) is 5.69 Å². The largest absolute Gasteiger partial charge is 0.289 e. The number of nitrogens with zero attached hydrogens (tertiary/aromatic N) is 3. The van der Waals surface area contributed by atoms with E-state index in [4.69, 9.17) is 0 Å². The fourth-order valence-corrected chi connectivity index (χ4v) is 6.47. The van der Waals surface area contributed by atoms with Crippen molar-refractivity contribution in [2.45, 2.75) is 36.0 Å². The third-order valence-electron chi connectivity index (χ3n) is 5.58. The first-order valence-corrected chi connectivity index (χ1v) is 12.8. The van der Waals surface area contributed by atoms with Gasteiger partial charge in [0, 0.05) is 32.2 Å². The van der Waals surface area contributed by atoms with Gasteiger partial charge < -0.3 is 0 Å². The highest BCUT2D eigenvalue weighted by Gasteiger charge is 2.36. The van der Waals surface area contributed by atoms with E-state index in [1.165, 1.54) is 22.5 Å². The lowest BCUT2D eigenvalue weighted by Crippen LogP contribution is -2.50. The van der Waals surface area contributed by atoms with E-state index < -0.39 is 35.6 Å². The molecule has 2 aromatic carbocycles. The summed E-state index contributed by atoms with van der Waals surface area (Å²) in [7, 11) is -7.88. The Bertz CT molecular complexity index is 1160. The van der Waals surface area contributed by atoms with Crippen molar-refractivity contribution in [1.29, 1.82) is 0 Å². The Morgan fingerprint density at radius 3 is 1.94 bits per heavy atom. The highest BCUT2D eigenvalue weighted by molar-refractivity contribution is 7.89. The molecule has 0 aliphatic carbocycles. The van der Waals surface area contributed by atoms with Gasteiger partial charge >= 0.3 is 0 Å². The molecule has 9 nitrogen and oxygen atoms in total. The van der Waals surface area contributed by atoms with Gasteiger partial charge in [0.1, 0.15) is 0 Å². The second-order valence-corrected chi connectivity index (χ2v) is 11.3. The van der Waals surface area contributed by atoms with Gasteiger partial charge in [0.25, 0.3) is 5.69 Å². The molecule has 1 fully saturated rings. The van der Waals surface area contributed by atoms with Crippen LogP contribution < -0.4 is 0 Å². The number of sulfonamides is 2. The quantitative estimate of drug-likeness (QED) is 0.456. The normalized spacial score (nSPS) is 17.4. The molecular weight excluding hydrogens is 442 g/mol. The molecule has 1 heterocycles. The molecule has 2 aromatic rings. The average Bonchev–Trinajstić information content (AvgIpc) is 2.78. The topological polar surface area (TPSA) is 118 Å². The molecule has 1 unspecified atom stereocenters. The Hall–Kier alpha value is -2.34. The van der Waals surface area contributed by atoms with Crippen molar-refractivity contribution >= 4 is 25.7 Å². The van der Waals surface area contributed by atoms with Gasteiger partial charge in [-0.15, -0.1) is 0 Å². The Morgan fingerprint density at radius 1 is 0.903 bits per heavy atom. The summed E-state index contributed by atoms with van der Waals surface area (Å²) in [4.78, 5) is 10.2. The maximum absolute atomic E-state index is 13.0. The third-order valence-corrected chi connectivity index (χ3v) is 9.44. The first-order valence-electron chi connectivity index (χ1n) is 9.92. The van der Waals surface area contributed by atoms with Gasteiger partial charge in [-0.3, -0.25) is 10.1 Å². The van der Waals surface area contributed by atoms with Crippen molar-refractivity contribution in [1.82, 2.24) is 8.61 Å². The molecule has 11 heteroatoms. The van der Waals surface area contributed by atoms with Crippen LogP contribution in [0.25, 0.3) is 0 Å². The average molecular weight is 468 g/mol. The van der Waals surface area contributed by atoms with E-state index in [-0.39, 0.29) is 31.1 Å². The zero-order chi connectivity index (χ0) is 22.8. The predicted molar refractivity (Wildman–Crippen MR) is 116 cm³/mol. The smallest absolute Gasteiger partial charge is 0.258 e. The summed E-state index contributed by atoms with van der Waals surface area (Å²) < 4.78 is 54.1. The Morgan fingerprint density at radius 2 is 1.42 bits per heavy atom. The third kappa shape index (κ3) is 4.64.